The van der Waals surface area contributed by atoms with E-state index in [2.05, 4.69) is 17.2 Å². The summed E-state index contributed by atoms with van der Waals surface area (Å²) in [5.41, 5.74) is 0. The fraction of sp³-hybridized carbons (Fsp3) is 0.600. The first-order chi connectivity index (χ1) is 8.22. The maximum atomic E-state index is 11.4. The molecule has 0 bridgehead atoms. The first-order valence-electron chi connectivity index (χ1n) is 5.21. The lowest BCUT2D eigenvalue weighted by Crippen LogP contribution is -2.46. The van der Waals surface area contributed by atoms with E-state index in [4.69, 9.17) is 4.74 Å². The molecule has 0 aromatic heterocycles. The third-order valence-corrected chi connectivity index (χ3v) is 4.55. The molecule has 0 unspecified atom stereocenters. The van der Waals surface area contributed by atoms with Crippen molar-refractivity contribution in [2.75, 3.05) is 29.7 Å². The van der Waals surface area contributed by atoms with Gasteiger partial charge in [0.2, 0.25) is 0 Å². The third-order valence-electron chi connectivity index (χ3n) is 1.94. The molecule has 2 amide bonds. The van der Waals surface area contributed by atoms with Gasteiger partial charge in [-0.05, 0) is 0 Å². The summed E-state index contributed by atoms with van der Waals surface area (Å²) < 4.78 is 4.72. The third kappa shape index (κ3) is 6.48. The Morgan fingerprint density at radius 3 is 2.76 bits per heavy atom. The van der Waals surface area contributed by atoms with Gasteiger partial charge in [0.1, 0.15) is 6.61 Å². The van der Waals surface area contributed by atoms with Gasteiger partial charge in [0.05, 0.1) is 6.54 Å². The molecular weight excluding hydrogens is 260 g/mol. The predicted octanol–water partition coefficient (Wildman–Crippen LogP) is 0.821. The zero-order chi connectivity index (χ0) is 12.5. The molecule has 1 rings (SSSR count). The molecule has 96 valence electrons. The summed E-state index contributed by atoms with van der Waals surface area (Å²) in [6.07, 6.45) is 1.09. The number of thioether (sulfide) groups is 2. The van der Waals surface area contributed by atoms with Crippen LogP contribution in [0.1, 0.15) is 0 Å². The Balaban J connectivity index is 2.04. The summed E-state index contributed by atoms with van der Waals surface area (Å²) in [6.45, 7) is 3.74. The van der Waals surface area contributed by atoms with Gasteiger partial charge in [-0.1, -0.05) is 6.58 Å². The van der Waals surface area contributed by atoms with Crippen LogP contribution in [-0.4, -0.2) is 47.8 Å². The quantitative estimate of drug-likeness (QED) is 0.442. The second-order valence-corrected chi connectivity index (χ2v) is 5.75. The van der Waals surface area contributed by atoms with Crippen LogP contribution in [0.15, 0.2) is 12.7 Å². The smallest absolute Gasteiger partial charge is 0.330 e. The summed E-state index contributed by atoms with van der Waals surface area (Å²) in [7, 11) is 0. The lowest BCUT2D eigenvalue weighted by atomic mass is 10.4. The lowest BCUT2D eigenvalue weighted by molar-refractivity contribution is -0.137. The van der Waals surface area contributed by atoms with Gasteiger partial charge in [0.15, 0.2) is 0 Å². The van der Waals surface area contributed by atoms with E-state index in [1.54, 1.807) is 0 Å². The molecule has 0 aromatic carbocycles. The van der Waals surface area contributed by atoms with Gasteiger partial charge in [-0.15, -0.1) is 23.5 Å². The number of carbonyl (C=O) groups excluding carboxylic acids is 2. The van der Waals surface area contributed by atoms with Crippen molar-refractivity contribution < 1.29 is 14.3 Å². The van der Waals surface area contributed by atoms with E-state index in [1.807, 2.05) is 23.5 Å². The number of ether oxygens (including phenoxy) is 1. The van der Waals surface area contributed by atoms with E-state index in [1.165, 1.54) is 0 Å². The predicted molar refractivity (Wildman–Crippen MR) is 71.3 cm³/mol. The normalized spacial score (nSPS) is 16.0. The second kappa shape index (κ2) is 8.30. The highest BCUT2D eigenvalue weighted by Gasteiger charge is 2.15. The fourth-order valence-electron chi connectivity index (χ4n) is 1.18. The van der Waals surface area contributed by atoms with Crippen LogP contribution < -0.4 is 10.6 Å². The summed E-state index contributed by atoms with van der Waals surface area (Å²) in [5.74, 6) is 1.42. The molecule has 5 nitrogen and oxygen atoms in total. The van der Waals surface area contributed by atoms with E-state index in [-0.39, 0.29) is 18.7 Å². The van der Waals surface area contributed by atoms with E-state index >= 15 is 0 Å². The maximum Gasteiger partial charge on any atom is 0.330 e. The number of amides is 2. The monoisotopic (exact) mass is 276 g/mol. The highest BCUT2D eigenvalue weighted by molar-refractivity contribution is 8.16. The number of rotatable bonds is 5. The molecule has 1 fully saturated rings. The lowest BCUT2D eigenvalue weighted by Gasteiger charge is -2.22. The van der Waals surface area contributed by atoms with Crippen LogP contribution in [-0.2, 0) is 9.53 Å². The molecule has 1 aliphatic heterocycles. The summed E-state index contributed by atoms with van der Waals surface area (Å²) >= 11 is 3.64. The van der Waals surface area contributed by atoms with Crippen LogP contribution in [0.5, 0.6) is 0 Å². The summed E-state index contributed by atoms with van der Waals surface area (Å²) in [6, 6.07) is 0.00206. The van der Waals surface area contributed by atoms with E-state index in [0.717, 1.165) is 22.7 Å². The van der Waals surface area contributed by atoms with Crippen molar-refractivity contribution in [3.05, 3.63) is 12.7 Å². The van der Waals surface area contributed by atoms with Crippen LogP contribution in [0.4, 0.5) is 4.79 Å². The van der Waals surface area contributed by atoms with Crippen molar-refractivity contribution >= 4 is 35.5 Å². The van der Waals surface area contributed by atoms with E-state index in [9.17, 15) is 9.59 Å². The van der Waals surface area contributed by atoms with Gasteiger partial charge in [-0.25, -0.2) is 9.59 Å². The van der Waals surface area contributed by atoms with Gasteiger partial charge in [0, 0.05) is 28.7 Å². The van der Waals surface area contributed by atoms with Crippen molar-refractivity contribution in [1.29, 1.82) is 0 Å². The molecule has 0 spiro atoms. The molecule has 1 saturated heterocycles. The number of urea groups is 1. The number of esters is 1. The average molecular weight is 276 g/mol. The number of nitrogens with one attached hydrogen (secondary N) is 2. The molecule has 0 atom stereocenters. The number of carbonyl (C=O) groups is 2. The Morgan fingerprint density at radius 2 is 2.12 bits per heavy atom. The minimum absolute atomic E-state index is 0.159. The molecule has 0 aromatic rings. The average Bonchev–Trinajstić information content (AvgIpc) is 2.35. The number of hydrogen-bond acceptors (Lipinski definition) is 5. The fourth-order valence-corrected chi connectivity index (χ4v) is 3.54. The first-order valence-corrected chi connectivity index (χ1v) is 7.52. The molecule has 0 aliphatic carbocycles. The van der Waals surface area contributed by atoms with Crippen LogP contribution in [0.3, 0.4) is 0 Å². The van der Waals surface area contributed by atoms with Crippen molar-refractivity contribution in [3.63, 3.8) is 0 Å². The highest BCUT2D eigenvalue weighted by Crippen LogP contribution is 2.20. The van der Waals surface area contributed by atoms with Crippen LogP contribution in [0, 0.1) is 0 Å². The number of hydrogen-bond donors (Lipinski definition) is 2. The SMILES string of the molecule is C=CC(=O)OCCNC(=O)NC1CSCSC1. The summed E-state index contributed by atoms with van der Waals surface area (Å²) in [5, 5.41) is 6.59. The van der Waals surface area contributed by atoms with Crippen LogP contribution in [0.2, 0.25) is 0 Å². The minimum atomic E-state index is -0.479. The summed E-state index contributed by atoms with van der Waals surface area (Å²) in [4.78, 5) is 22.1. The van der Waals surface area contributed by atoms with Crippen molar-refractivity contribution in [3.8, 4) is 0 Å². The molecule has 0 saturated carbocycles. The Morgan fingerprint density at radius 1 is 1.41 bits per heavy atom. The first kappa shape index (κ1) is 14.2. The van der Waals surface area contributed by atoms with E-state index in [0.29, 0.717) is 6.54 Å². The van der Waals surface area contributed by atoms with Gasteiger partial charge in [-0.3, -0.25) is 0 Å². The maximum absolute atomic E-state index is 11.4. The van der Waals surface area contributed by atoms with Gasteiger partial charge in [0.25, 0.3) is 0 Å². The standard InChI is InChI=1S/C10H16N2O3S2/c1-2-9(13)15-4-3-11-10(14)12-8-5-16-7-17-6-8/h2,8H,1,3-7H2,(H2,11,12,14). The van der Waals surface area contributed by atoms with Crippen LogP contribution >= 0.6 is 23.5 Å². The van der Waals surface area contributed by atoms with Crippen molar-refractivity contribution in [2.45, 2.75) is 6.04 Å². The topological polar surface area (TPSA) is 67.4 Å². The Hall–Kier alpha value is -0.820. The Bertz CT molecular complexity index is 281. The van der Waals surface area contributed by atoms with Crippen LogP contribution in [0.25, 0.3) is 0 Å². The molecule has 1 heterocycles. The molecular formula is C10H16N2O3S2. The molecule has 2 N–H and O–H groups in total. The van der Waals surface area contributed by atoms with Crippen molar-refractivity contribution in [2.24, 2.45) is 0 Å². The Labute approximate surface area is 109 Å². The molecule has 17 heavy (non-hydrogen) atoms. The largest absolute Gasteiger partial charge is 0.461 e. The molecule has 0 radical (unpaired) electrons. The highest BCUT2D eigenvalue weighted by atomic mass is 32.2. The molecule has 7 heteroatoms. The van der Waals surface area contributed by atoms with Gasteiger partial charge < -0.3 is 15.4 Å². The Kier molecular flexibility index (Phi) is 6.95. The molecule has 1 aliphatic rings. The van der Waals surface area contributed by atoms with Gasteiger partial charge >= 0.3 is 12.0 Å². The van der Waals surface area contributed by atoms with E-state index < -0.39 is 5.97 Å². The second-order valence-electron chi connectivity index (χ2n) is 3.33. The zero-order valence-corrected chi connectivity index (χ0v) is 11.1. The van der Waals surface area contributed by atoms with Crippen molar-refractivity contribution in [1.82, 2.24) is 10.6 Å². The zero-order valence-electron chi connectivity index (χ0n) is 9.44. The van der Waals surface area contributed by atoms with Gasteiger partial charge in [-0.2, -0.15) is 0 Å². The minimum Gasteiger partial charge on any atom is -0.461 e.